The van der Waals surface area contributed by atoms with Gasteiger partial charge in [-0.2, -0.15) is 4.39 Å². The van der Waals surface area contributed by atoms with E-state index in [9.17, 15) is 22.4 Å². The highest BCUT2D eigenvalue weighted by atomic mass is 19.2. The number of esters is 1. The normalized spacial score (nSPS) is 32.2. The summed E-state index contributed by atoms with van der Waals surface area (Å²) in [7, 11) is 0. The molecule has 62 valence electrons. The van der Waals surface area contributed by atoms with Crippen LogP contribution in [0.5, 0.6) is 0 Å². The molecular weight excluding hydrogens is 168 g/mol. The Kier molecular flexibility index (Phi) is 1.84. The minimum Gasteiger partial charge on any atom is -0.422 e. The molecule has 0 aromatic carbocycles. The van der Waals surface area contributed by atoms with Crippen molar-refractivity contribution >= 4 is 5.97 Å². The van der Waals surface area contributed by atoms with Gasteiger partial charge in [0, 0.05) is 0 Å². The predicted octanol–water partition coefficient (Wildman–Crippen LogP) is 1.33. The Morgan fingerprint density at radius 3 is 2.27 bits per heavy atom. The molecule has 0 aromatic heterocycles. The molecule has 1 heterocycles. The highest BCUT2D eigenvalue weighted by Crippen LogP contribution is 2.27. The number of halogens is 4. The van der Waals surface area contributed by atoms with Gasteiger partial charge in [0.05, 0.1) is 0 Å². The van der Waals surface area contributed by atoms with Crippen LogP contribution in [0.1, 0.15) is 0 Å². The summed E-state index contributed by atoms with van der Waals surface area (Å²) in [5.74, 6) is -5.82. The third kappa shape index (κ3) is 1.20. The quantitative estimate of drug-likeness (QED) is 0.405. The lowest BCUT2D eigenvalue weighted by atomic mass is 10.2. The maximum absolute atomic E-state index is 12.1. The molecule has 0 saturated carbocycles. The molecule has 0 amide bonds. The van der Waals surface area contributed by atoms with E-state index in [1.165, 1.54) is 0 Å². The van der Waals surface area contributed by atoms with Gasteiger partial charge in [-0.05, 0) is 0 Å². The Hall–Kier alpha value is -1.07. The summed E-state index contributed by atoms with van der Waals surface area (Å²) >= 11 is 0. The molecule has 0 radical (unpaired) electrons. The van der Waals surface area contributed by atoms with Gasteiger partial charge in [-0.3, -0.25) is 0 Å². The fourth-order valence-corrected chi connectivity index (χ4v) is 0.546. The number of cyclic esters (lactones) is 1. The molecule has 2 nitrogen and oxygen atoms in total. The molecule has 0 bridgehead atoms. The Bertz CT molecular complexity index is 225. The van der Waals surface area contributed by atoms with Gasteiger partial charge in [-0.1, -0.05) is 0 Å². The van der Waals surface area contributed by atoms with Crippen LogP contribution in [-0.4, -0.2) is 18.5 Å². The molecule has 0 aliphatic carbocycles. The first-order valence-electron chi connectivity index (χ1n) is 2.57. The second kappa shape index (κ2) is 2.52. The first-order valence-corrected chi connectivity index (χ1v) is 2.57. The van der Waals surface area contributed by atoms with E-state index in [2.05, 4.69) is 4.74 Å². The topological polar surface area (TPSA) is 26.3 Å². The zero-order chi connectivity index (χ0) is 8.59. The number of hydrogen-bond donors (Lipinski definition) is 0. The first-order chi connectivity index (χ1) is 5.04. The predicted molar refractivity (Wildman–Crippen MR) is 25.1 cm³/mol. The van der Waals surface area contributed by atoms with Crippen molar-refractivity contribution < 1.29 is 27.1 Å². The summed E-state index contributed by atoms with van der Waals surface area (Å²) in [4.78, 5) is 10.1. The molecule has 0 N–H and O–H groups in total. The standard InChI is InChI=1S/C5H2F4O2/c6-1-2(7)4(9)11-5(10)3(1)8/h3-4H. The number of carbonyl (C=O) groups excluding carboxylic acids is 1. The van der Waals surface area contributed by atoms with Gasteiger partial charge in [-0.15, -0.1) is 0 Å². The van der Waals surface area contributed by atoms with Gasteiger partial charge < -0.3 is 4.74 Å². The molecule has 0 fully saturated rings. The number of alkyl halides is 2. The molecule has 0 saturated heterocycles. The molecule has 0 spiro atoms. The van der Waals surface area contributed by atoms with Crippen LogP contribution >= 0.6 is 0 Å². The molecule has 2 atom stereocenters. The summed E-state index contributed by atoms with van der Waals surface area (Å²) in [5, 5.41) is 0. The first kappa shape index (κ1) is 8.03. The Balaban J connectivity index is 2.98. The van der Waals surface area contributed by atoms with Crippen LogP contribution in [-0.2, 0) is 9.53 Å². The van der Waals surface area contributed by atoms with Crippen molar-refractivity contribution in [2.75, 3.05) is 0 Å². The number of hydrogen-bond acceptors (Lipinski definition) is 2. The third-order valence-electron chi connectivity index (χ3n) is 1.08. The largest absolute Gasteiger partial charge is 0.422 e. The van der Waals surface area contributed by atoms with E-state index in [-0.39, 0.29) is 0 Å². The summed E-state index contributed by atoms with van der Waals surface area (Å²) < 4.78 is 51.5. The van der Waals surface area contributed by atoms with E-state index in [0.29, 0.717) is 0 Å². The summed E-state index contributed by atoms with van der Waals surface area (Å²) in [5.41, 5.74) is 0. The van der Waals surface area contributed by atoms with Crippen molar-refractivity contribution in [3.63, 3.8) is 0 Å². The van der Waals surface area contributed by atoms with Crippen molar-refractivity contribution in [1.82, 2.24) is 0 Å². The monoisotopic (exact) mass is 170 g/mol. The molecule has 2 unspecified atom stereocenters. The number of rotatable bonds is 0. The smallest absolute Gasteiger partial charge is 0.350 e. The Morgan fingerprint density at radius 1 is 1.18 bits per heavy atom. The second-order valence-electron chi connectivity index (χ2n) is 1.81. The second-order valence-corrected chi connectivity index (χ2v) is 1.81. The van der Waals surface area contributed by atoms with Gasteiger partial charge in [0.15, 0.2) is 5.83 Å². The minimum absolute atomic E-state index is 1.75. The van der Waals surface area contributed by atoms with Crippen LogP contribution in [0.3, 0.4) is 0 Å². The van der Waals surface area contributed by atoms with Crippen molar-refractivity contribution in [1.29, 1.82) is 0 Å². The Morgan fingerprint density at radius 2 is 1.73 bits per heavy atom. The zero-order valence-electron chi connectivity index (χ0n) is 4.98. The molecule has 1 rings (SSSR count). The van der Waals surface area contributed by atoms with E-state index in [0.717, 1.165) is 0 Å². The number of ether oxygens (including phenoxy) is 1. The lowest BCUT2D eigenvalue weighted by molar-refractivity contribution is -0.164. The highest BCUT2D eigenvalue weighted by Gasteiger charge is 2.39. The average Bonchev–Trinajstić information content (AvgIpc) is 1.97. The number of carbonyl (C=O) groups is 1. The van der Waals surface area contributed by atoms with Crippen molar-refractivity contribution in [3.8, 4) is 0 Å². The van der Waals surface area contributed by atoms with E-state index in [1.807, 2.05) is 0 Å². The van der Waals surface area contributed by atoms with E-state index in [1.54, 1.807) is 0 Å². The summed E-state index contributed by atoms with van der Waals surface area (Å²) in [6.07, 6.45) is -5.64. The van der Waals surface area contributed by atoms with E-state index in [4.69, 9.17) is 0 Å². The summed E-state index contributed by atoms with van der Waals surface area (Å²) in [6, 6.07) is 0. The molecule has 6 heteroatoms. The fourth-order valence-electron chi connectivity index (χ4n) is 0.546. The van der Waals surface area contributed by atoms with E-state index >= 15 is 0 Å². The van der Waals surface area contributed by atoms with Crippen LogP contribution < -0.4 is 0 Å². The maximum Gasteiger partial charge on any atom is 0.350 e. The van der Waals surface area contributed by atoms with Crippen molar-refractivity contribution in [3.05, 3.63) is 11.7 Å². The van der Waals surface area contributed by atoms with Crippen LogP contribution in [0.15, 0.2) is 11.7 Å². The maximum atomic E-state index is 12.1. The highest BCUT2D eigenvalue weighted by molar-refractivity contribution is 5.79. The molecular formula is C5H2F4O2. The van der Waals surface area contributed by atoms with Crippen molar-refractivity contribution in [2.24, 2.45) is 0 Å². The van der Waals surface area contributed by atoms with Crippen LogP contribution in [0.25, 0.3) is 0 Å². The fraction of sp³-hybridized carbons (Fsp3) is 0.400. The van der Waals surface area contributed by atoms with Gasteiger partial charge in [-0.25, -0.2) is 18.0 Å². The third-order valence-corrected chi connectivity index (χ3v) is 1.08. The average molecular weight is 170 g/mol. The van der Waals surface area contributed by atoms with Crippen molar-refractivity contribution in [2.45, 2.75) is 12.5 Å². The van der Waals surface area contributed by atoms with Gasteiger partial charge in [0.25, 0.3) is 12.5 Å². The summed E-state index contributed by atoms with van der Waals surface area (Å²) in [6.45, 7) is 0. The Labute approximate surface area is 58.4 Å². The SMILES string of the molecule is O=C1OC(F)C(F)=C(F)C1F. The molecule has 1 aliphatic rings. The molecule has 11 heavy (non-hydrogen) atoms. The lowest BCUT2D eigenvalue weighted by Gasteiger charge is -2.16. The van der Waals surface area contributed by atoms with Crippen LogP contribution in [0, 0.1) is 0 Å². The van der Waals surface area contributed by atoms with E-state index < -0.39 is 30.2 Å². The minimum atomic E-state index is -2.83. The lowest BCUT2D eigenvalue weighted by Crippen LogP contribution is -2.30. The zero-order valence-corrected chi connectivity index (χ0v) is 4.98. The van der Waals surface area contributed by atoms with Crippen LogP contribution in [0.4, 0.5) is 17.6 Å². The van der Waals surface area contributed by atoms with Gasteiger partial charge in [0.1, 0.15) is 0 Å². The van der Waals surface area contributed by atoms with Crippen LogP contribution in [0.2, 0.25) is 0 Å². The van der Waals surface area contributed by atoms with Gasteiger partial charge in [0.2, 0.25) is 5.83 Å². The van der Waals surface area contributed by atoms with Gasteiger partial charge >= 0.3 is 5.97 Å². The molecule has 1 aliphatic heterocycles. The molecule has 0 aromatic rings.